The molecular formula is C26H34N6O6S2. The Morgan fingerprint density at radius 3 is 2.55 bits per heavy atom. The van der Waals surface area contributed by atoms with Crippen LogP contribution in [0.4, 0.5) is 17.3 Å². The molecule has 4 aliphatic heterocycles. The Balaban J connectivity index is 1.10. The highest BCUT2D eigenvalue weighted by Gasteiger charge is 2.41. The fourth-order valence-corrected chi connectivity index (χ4v) is 7.52. The highest BCUT2D eigenvalue weighted by Crippen LogP contribution is 2.42. The van der Waals surface area contributed by atoms with Gasteiger partial charge < -0.3 is 19.9 Å². The van der Waals surface area contributed by atoms with Gasteiger partial charge in [-0.25, -0.2) is 26.8 Å². The number of benzene rings is 1. The molecule has 14 heteroatoms. The maximum absolute atomic E-state index is 12.2. The molecule has 5 heterocycles. The Labute approximate surface area is 234 Å². The number of anilines is 3. The smallest absolute Gasteiger partial charge is 0.223 e. The normalized spacial score (nSPS) is 21.2. The topological polar surface area (TPSA) is 142 Å². The molecule has 0 aliphatic carbocycles. The molecule has 1 aromatic carbocycles. The first-order valence-electron chi connectivity index (χ1n) is 13.5. The first-order valence-corrected chi connectivity index (χ1v) is 17.4. The summed E-state index contributed by atoms with van der Waals surface area (Å²) in [6, 6.07) is 4.60. The lowest BCUT2D eigenvalue weighted by Gasteiger charge is -2.52. The maximum atomic E-state index is 12.2. The van der Waals surface area contributed by atoms with E-state index in [0.29, 0.717) is 49.8 Å². The van der Waals surface area contributed by atoms with Crippen molar-refractivity contribution in [2.75, 3.05) is 73.0 Å². The number of carbonyl (C=O) groups is 1. The van der Waals surface area contributed by atoms with E-state index in [1.54, 1.807) is 4.90 Å². The van der Waals surface area contributed by atoms with E-state index in [1.165, 1.54) is 11.9 Å². The van der Waals surface area contributed by atoms with Gasteiger partial charge in [0.25, 0.3) is 0 Å². The Kier molecular flexibility index (Phi) is 6.90. The van der Waals surface area contributed by atoms with Crippen molar-refractivity contribution in [3.63, 3.8) is 0 Å². The molecule has 6 rings (SSSR count). The van der Waals surface area contributed by atoms with Gasteiger partial charge in [-0.2, -0.15) is 0 Å². The minimum atomic E-state index is -3.14. The van der Waals surface area contributed by atoms with Crippen molar-refractivity contribution in [2.45, 2.75) is 31.9 Å². The van der Waals surface area contributed by atoms with Crippen molar-refractivity contribution in [3.05, 3.63) is 35.2 Å². The monoisotopic (exact) mass is 590 g/mol. The largest absolute Gasteiger partial charge is 0.486 e. The van der Waals surface area contributed by atoms with Gasteiger partial charge in [-0.3, -0.25) is 9.69 Å². The Hall–Kier alpha value is -2.97. The molecule has 12 nitrogen and oxygen atoms in total. The summed E-state index contributed by atoms with van der Waals surface area (Å²) in [5.41, 5.74) is 3.90. The molecule has 216 valence electrons. The summed E-state index contributed by atoms with van der Waals surface area (Å²) < 4.78 is 52.8. The lowest BCUT2D eigenvalue weighted by molar-refractivity contribution is -0.139. The van der Waals surface area contributed by atoms with Gasteiger partial charge in [0.1, 0.15) is 40.2 Å². The van der Waals surface area contributed by atoms with Crippen molar-refractivity contribution < 1.29 is 26.4 Å². The van der Waals surface area contributed by atoms with E-state index in [1.807, 2.05) is 11.8 Å². The van der Waals surface area contributed by atoms with Gasteiger partial charge in [0.15, 0.2) is 9.84 Å². The van der Waals surface area contributed by atoms with E-state index in [4.69, 9.17) is 4.74 Å². The number of amides is 1. The van der Waals surface area contributed by atoms with Crippen LogP contribution in [0.1, 0.15) is 29.0 Å². The molecule has 1 amide bonds. The highest BCUT2D eigenvalue weighted by molar-refractivity contribution is 7.91. The van der Waals surface area contributed by atoms with E-state index in [9.17, 15) is 21.6 Å². The molecule has 0 spiro atoms. The summed E-state index contributed by atoms with van der Waals surface area (Å²) in [4.78, 5) is 27.3. The molecule has 1 aromatic heterocycles. The van der Waals surface area contributed by atoms with Crippen LogP contribution in [-0.2, 0) is 31.1 Å². The zero-order valence-electron chi connectivity index (χ0n) is 22.7. The third kappa shape index (κ3) is 5.48. The van der Waals surface area contributed by atoms with Crippen LogP contribution in [0.5, 0.6) is 5.75 Å². The van der Waals surface area contributed by atoms with Crippen LogP contribution in [0.25, 0.3) is 0 Å². The summed E-state index contributed by atoms with van der Waals surface area (Å²) in [6.45, 7) is 6.20. The fourth-order valence-electron chi connectivity index (χ4n) is 5.78. The average Bonchev–Trinajstić information content (AvgIpc) is 3.02. The number of fused-ring (bicyclic) bond motifs is 2. The SMILES string of the molecule is Cc1cc(C2CN(C3CN(C(=O)CCS(C)(=O)=O)C3)C2)cc2c1OCc1c(ncnc1N1CCS(=O)(=O)CC1)N2. The molecule has 3 saturated heterocycles. The summed E-state index contributed by atoms with van der Waals surface area (Å²) in [7, 11) is -6.15. The van der Waals surface area contributed by atoms with Crippen molar-refractivity contribution >= 4 is 42.9 Å². The number of ether oxygens (including phenoxy) is 1. The van der Waals surface area contributed by atoms with Crippen molar-refractivity contribution in [1.29, 1.82) is 0 Å². The van der Waals surface area contributed by atoms with Gasteiger partial charge in [0, 0.05) is 63.9 Å². The number of nitrogens with zero attached hydrogens (tertiary/aromatic N) is 5. The average molecular weight is 591 g/mol. The van der Waals surface area contributed by atoms with Crippen LogP contribution in [0.2, 0.25) is 0 Å². The predicted molar refractivity (Wildman–Crippen MR) is 151 cm³/mol. The number of likely N-dealkylation sites (tertiary alicyclic amines) is 2. The van der Waals surface area contributed by atoms with Crippen LogP contribution in [0.15, 0.2) is 18.5 Å². The van der Waals surface area contributed by atoms with Crippen LogP contribution < -0.4 is 15.0 Å². The van der Waals surface area contributed by atoms with Gasteiger partial charge in [-0.15, -0.1) is 0 Å². The molecule has 1 N–H and O–H groups in total. The molecular weight excluding hydrogens is 556 g/mol. The standard InChI is InChI=1S/C26H34N6O6S2/c1-17-9-18(19-11-31(12-19)20-13-32(14-20)23(33)3-6-39(2,34)35)10-22-24(17)38-15-21-25(29-22)27-16-28-26(21)30-4-7-40(36,37)8-5-30/h9-10,16,19-20H,3-8,11-15H2,1-2H3,(H,27,28,29). The number of rotatable bonds is 6. The zero-order chi connectivity index (χ0) is 28.2. The summed E-state index contributed by atoms with van der Waals surface area (Å²) >= 11 is 0. The quantitative estimate of drug-likeness (QED) is 0.508. The van der Waals surface area contributed by atoms with E-state index in [2.05, 4.69) is 32.3 Å². The third-order valence-electron chi connectivity index (χ3n) is 8.28. The number of hydrogen-bond acceptors (Lipinski definition) is 11. The van der Waals surface area contributed by atoms with Crippen LogP contribution in [0.3, 0.4) is 0 Å². The van der Waals surface area contributed by atoms with E-state index in [0.717, 1.165) is 41.9 Å². The third-order valence-corrected chi connectivity index (χ3v) is 10.8. The molecule has 40 heavy (non-hydrogen) atoms. The van der Waals surface area contributed by atoms with Crippen molar-refractivity contribution in [2.24, 2.45) is 0 Å². The molecule has 0 radical (unpaired) electrons. The summed E-state index contributed by atoms with van der Waals surface area (Å²) in [5.74, 6) is 2.53. The Morgan fingerprint density at radius 1 is 1.12 bits per heavy atom. The summed E-state index contributed by atoms with van der Waals surface area (Å²) in [5, 5.41) is 3.46. The predicted octanol–water partition coefficient (Wildman–Crippen LogP) is 0.701. The van der Waals surface area contributed by atoms with Gasteiger partial charge in [0.05, 0.1) is 28.5 Å². The highest BCUT2D eigenvalue weighted by atomic mass is 32.2. The van der Waals surface area contributed by atoms with Crippen LogP contribution >= 0.6 is 0 Å². The van der Waals surface area contributed by atoms with Gasteiger partial charge in [0.2, 0.25) is 5.91 Å². The zero-order valence-corrected chi connectivity index (χ0v) is 24.3. The molecule has 0 atom stereocenters. The van der Waals surface area contributed by atoms with Gasteiger partial charge in [-0.05, 0) is 24.1 Å². The lowest BCUT2D eigenvalue weighted by Crippen LogP contribution is -2.65. The lowest BCUT2D eigenvalue weighted by atomic mass is 9.87. The molecule has 0 bridgehead atoms. The minimum absolute atomic E-state index is 0.0487. The number of aryl methyl sites for hydroxylation is 1. The molecule has 0 unspecified atom stereocenters. The minimum Gasteiger partial charge on any atom is -0.486 e. The second-order valence-electron chi connectivity index (χ2n) is 11.3. The second kappa shape index (κ2) is 10.1. The number of sulfone groups is 2. The number of hydrogen-bond donors (Lipinski definition) is 1. The second-order valence-corrected chi connectivity index (χ2v) is 15.8. The van der Waals surface area contributed by atoms with E-state index >= 15 is 0 Å². The first kappa shape index (κ1) is 27.2. The van der Waals surface area contributed by atoms with Crippen LogP contribution in [0, 0.1) is 6.92 Å². The molecule has 4 aliphatic rings. The maximum Gasteiger partial charge on any atom is 0.223 e. The van der Waals surface area contributed by atoms with Crippen molar-refractivity contribution in [3.8, 4) is 5.75 Å². The Morgan fingerprint density at radius 2 is 1.85 bits per heavy atom. The van der Waals surface area contributed by atoms with E-state index < -0.39 is 19.7 Å². The summed E-state index contributed by atoms with van der Waals surface area (Å²) in [6.07, 6.45) is 2.71. The van der Waals surface area contributed by atoms with Crippen molar-refractivity contribution in [1.82, 2.24) is 19.8 Å². The Bertz CT molecular complexity index is 1540. The molecule has 0 saturated carbocycles. The van der Waals surface area contributed by atoms with Gasteiger partial charge in [-0.1, -0.05) is 6.07 Å². The van der Waals surface area contributed by atoms with E-state index in [-0.39, 0.29) is 36.2 Å². The number of aromatic nitrogens is 2. The number of carbonyl (C=O) groups excluding carboxylic acids is 1. The van der Waals surface area contributed by atoms with Crippen LogP contribution in [-0.4, -0.2) is 111 Å². The fraction of sp³-hybridized carbons (Fsp3) is 0.577. The molecule has 3 fully saturated rings. The molecule has 2 aromatic rings. The van der Waals surface area contributed by atoms with Gasteiger partial charge >= 0.3 is 0 Å². The first-order chi connectivity index (χ1) is 19.0. The number of nitrogens with one attached hydrogen (secondary N) is 1.